The van der Waals surface area contributed by atoms with Crippen LogP contribution >= 0.6 is 22.6 Å². The van der Waals surface area contributed by atoms with Crippen LogP contribution in [0.5, 0.6) is 5.75 Å². The summed E-state index contributed by atoms with van der Waals surface area (Å²) in [6, 6.07) is 7.65. The Balaban J connectivity index is 1.67. The van der Waals surface area contributed by atoms with Crippen molar-refractivity contribution < 1.29 is 31.1 Å². The molecule has 2 aromatic rings. The molecule has 0 N–H and O–H groups in total. The standard InChI is InChI=1S/C24H24F3IN2O4S/c1-29-21-13-20(5-7-23(21)34-15-16-8-10-33-11-9-16)35(31,32)30-19(14-24(25,26)27)4-2-17-12-18(28)3-6-22(17)30/h3,5-7,12-13,16,19H,2,4,8-11,14-15H2/t19-/m0/s1. The number of alkyl halides is 3. The van der Waals surface area contributed by atoms with Crippen LogP contribution in [0.4, 0.5) is 24.5 Å². The van der Waals surface area contributed by atoms with Crippen molar-refractivity contribution in [2.75, 3.05) is 24.1 Å². The van der Waals surface area contributed by atoms with Crippen molar-refractivity contribution in [2.45, 2.75) is 49.2 Å². The molecule has 0 saturated carbocycles. The van der Waals surface area contributed by atoms with Crippen LogP contribution in [-0.2, 0) is 21.2 Å². The van der Waals surface area contributed by atoms with Crippen molar-refractivity contribution in [2.24, 2.45) is 5.92 Å². The van der Waals surface area contributed by atoms with Crippen LogP contribution in [-0.4, -0.2) is 40.5 Å². The first kappa shape index (κ1) is 26.0. The van der Waals surface area contributed by atoms with E-state index in [1.54, 1.807) is 18.2 Å². The molecule has 0 unspecified atom stereocenters. The van der Waals surface area contributed by atoms with E-state index in [9.17, 15) is 21.6 Å². The fourth-order valence-electron chi connectivity index (χ4n) is 4.48. The quantitative estimate of drug-likeness (QED) is 0.289. The monoisotopic (exact) mass is 620 g/mol. The van der Waals surface area contributed by atoms with Gasteiger partial charge in [-0.15, -0.1) is 0 Å². The molecule has 2 aliphatic heterocycles. The Morgan fingerprint density at radius 3 is 2.57 bits per heavy atom. The molecule has 0 bridgehead atoms. The summed E-state index contributed by atoms with van der Waals surface area (Å²) in [4.78, 5) is 3.19. The summed E-state index contributed by atoms with van der Waals surface area (Å²) in [7, 11) is -4.38. The molecule has 0 aliphatic carbocycles. The molecule has 0 radical (unpaired) electrons. The van der Waals surface area contributed by atoms with Gasteiger partial charge < -0.3 is 9.47 Å². The summed E-state index contributed by atoms with van der Waals surface area (Å²) in [5, 5.41) is 0. The Morgan fingerprint density at radius 1 is 1.14 bits per heavy atom. The van der Waals surface area contributed by atoms with E-state index in [1.807, 2.05) is 0 Å². The van der Waals surface area contributed by atoms with Gasteiger partial charge in [0, 0.05) is 16.8 Å². The number of hydrogen-bond acceptors (Lipinski definition) is 4. The number of halogens is 4. The highest BCUT2D eigenvalue weighted by molar-refractivity contribution is 14.1. The van der Waals surface area contributed by atoms with Crippen LogP contribution in [0, 0.1) is 16.1 Å². The third kappa shape index (κ3) is 6.03. The zero-order chi connectivity index (χ0) is 25.2. The fraction of sp³-hybridized carbons (Fsp3) is 0.458. The largest absolute Gasteiger partial charge is 0.504 e. The van der Waals surface area contributed by atoms with Gasteiger partial charge in [-0.1, -0.05) is 0 Å². The van der Waals surface area contributed by atoms with Gasteiger partial charge >= 0.3 is 6.18 Å². The first-order valence-corrected chi connectivity index (χ1v) is 13.7. The molecule has 35 heavy (non-hydrogen) atoms. The maximum atomic E-state index is 13.7. The minimum atomic E-state index is -4.53. The molecular formula is C24H24F3IN2O4S. The highest BCUT2D eigenvalue weighted by atomic mass is 127. The average molecular weight is 620 g/mol. The Morgan fingerprint density at radius 2 is 1.89 bits per heavy atom. The van der Waals surface area contributed by atoms with Crippen molar-refractivity contribution in [3.8, 4) is 5.75 Å². The first-order valence-electron chi connectivity index (χ1n) is 11.2. The molecule has 1 atom stereocenters. The van der Waals surface area contributed by atoms with Crippen molar-refractivity contribution >= 4 is 44.0 Å². The number of sulfonamides is 1. The topological polar surface area (TPSA) is 60.2 Å². The Labute approximate surface area is 216 Å². The van der Waals surface area contributed by atoms with Crippen LogP contribution < -0.4 is 9.04 Å². The molecule has 188 valence electrons. The summed E-state index contributed by atoms with van der Waals surface area (Å²) in [6.45, 7) is 9.20. The Hall–Kier alpha value is -2.04. The van der Waals surface area contributed by atoms with Gasteiger partial charge in [-0.2, -0.15) is 13.2 Å². The van der Waals surface area contributed by atoms with E-state index in [0.717, 1.165) is 20.7 Å². The molecule has 4 rings (SSSR count). The highest BCUT2D eigenvalue weighted by Gasteiger charge is 2.42. The lowest BCUT2D eigenvalue weighted by atomic mass is 9.96. The second-order valence-corrected chi connectivity index (χ2v) is 11.8. The molecule has 0 spiro atoms. The van der Waals surface area contributed by atoms with Crippen molar-refractivity contribution in [1.29, 1.82) is 0 Å². The van der Waals surface area contributed by atoms with Crippen molar-refractivity contribution in [3.63, 3.8) is 0 Å². The van der Waals surface area contributed by atoms with Crippen molar-refractivity contribution in [3.05, 3.63) is 56.9 Å². The fourth-order valence-corrected chi connectivity index (χ4v) is 6.78. The summed E-state index contributed by atoms with van der Waals surface area (Å²) < 4.78 is 80.4. The molecule has 0 amide bonds. The molecule has 2 aliphatic rings. The smallest absolute Gasteiger partial charge is 0.391 e. The van der Waals surface area contributed by atoms with Gasteiger partial charge in [-0.25, -0.2) is 13.3 Å². The van der Waals surface area contributed by atoms with Crippen molar-refractivity contribution in [1.82, 2.24) is 0 Å². The second kappa shape index (κ2) is 10.5. The lowest BCUT2D eigenvalue weighted by Crippen LogP contribution is -2.45. The van der Waals surface area contributed by atoms with Crippen LogP contribution in [0.15, 0.2) is 41.3 Å². The van der Waals surface area contributed by atoms with Gasteiger partial charge in [-0.05, 0) is 96.2 Å². The van der Waals surface area contributed by atoms with Crippen LogP contribution in [0.3, 0.4) is 0 Å². The summed E-state index contributed by atoms with van der Waals surface area (Å²) >= 11 is 2.09. The summed E-state index contributed by atoms with van der Waals surface area (Å²) in [5.41, 5.74) is 0.932. The number of anilines is 1. The minimum Gasteiger partial charge on any atom is -0.504 e. The summed E-state index contributed by atoms with van der Waals surface area (Å²) in [6.07, 6.45) is -3.69. The number of rotatable bonds is 6. The number of fused-ring (bicyclic) bond motifs is 1. The molecule has 0 aromatic heterocycles. The van der Waals surface area contributed by atoms with Gasteiger partial charge in [0.15, 0.2) is 0 Å². The molecule has 6 nitrogen and oxygen atoms in total. The van der Waals surface area contributed by atoms with Crippen LogP contribution in [0.1, 0.15) is 31.2 Å². The number of ether oxygens (including phenoxy) is 2. The summed E-state index contributed by atoms with van der Waals surface area (Å²) in [5.74, 6) is 0.535. The average Bonchev–Trinajstić information content (AvgIpc) is 2.82. The molecule has 2 heterocycles. The maximum Gasteiger partial charge on any atom is 0.391 e. The lowest BCUT2D eigenvalue weighted by molar-refractivity contribution is -0.138. The molecule has 2 aromatic carbocycles. The number of nitrogens with zero attached hydrogens (tertiary/aromatic N) is 2. The highest BCUT2D eigenvalue weighted by Crippen LogP contribution is 2.41. The molecule has 11 heteroatoms. The van der Waals surface area contributed by atoms with E-state index >= 15 is 0 Å². The molecule has 1 saturated heterocycles. The van der Waals surface area contributed by atoms with E-state index in [4.69, 9.17) is 16.0 Å². The number of benzene rings is 2. The third-order valence-corrected chi connectivity index (χ3v) is 8.78. The van der Waals surface area contributed by atoms with E-state index in [1.165, 1.54) is 18.2 Å². The second-order valence-electron chi connectivity index (χ2n) is 8.69. The Kier molecular flexibility index (Phi) is 7.83. The van der Waals surface area contributed by atoms with Gasteiger partial charge in [0.2, 0.25) is 5.69 Å². The van der Waals surface area contributed by atoms with Gasteiger partial charge in [-0.3, -0.25) is 4.31 Å². The number of hydrogen-bond donors (Lipinski definition) is 0. The maximum absolute atomic E-state index is 13.7. The molecule has 1 fully saturated rings. The SMILES string of the molecule is [C-]#[N+]c1cc(S(=O)(=O)N2c3ccc(I)cc3CC[C@H]2CC(F)(F)F)ccc1OCC1CCOCC1. The van der Waals surface area contributed by atoms with Gasteiger partial charge in [0.25, 0.3) is 10.0 Å². The zero-order valence-corrected chi connectivity index (χ0v) is 21.7. The number of aryl methyl sites for hydroxylation is 1. The normalized spacial score (nSPS) is 19.2. The van der Waals surface area contributed by atoms with Crippen LogP contribution in [0.25, 0.3) is 4.85 Å². The van der Waals surface area contributed by atoms with Gasteiger partial charge in [0.05, 0.1) is 36.2 Å². The lowest BCUT2D eigenvalue weighted by Gasteiger charge is -2.38. The molecular weight excluding hydrogens is 596 g/mol. The Bertz CT molecular complexity index is 1220. The third-order valence-electron chi connectivity index (χ3n) is 6.25. The predicted molar refractivity (Wildman–Crippen MR) is 133 cm³/mol. The van der Waals surface area contributed by atoms with E-state index in [-0.39, 0.29) is 34.4 Å². The van der Waals surface area contributed by atoms with E-state index < -0.39 is 28.7 Å². The predicted octanol–water partition coefficient (Wildman–Crippen LogP) is 6.11. The van der Waals surface area contributed by atoms with E-state index in [2.05, 4.69) is 27.4 Å². The zero-order valence-electron chi connectivity index (χ0n) is 18.7. The minimum absolute atomic E-state index is 0.00495. The first-order chi connectivity index (χ1) is 16.6. The van der Waals surface area contributed by atoms with Crippen LogP contribution in [0.2, 0.25) is 0 Å². The van der Waals surface area contributed by atoms with Gasteiger partial charge in [0.1, 0.15) is 5.75 Å². The van der Waals surface area contributed by atoms with E-state index in [0.29, 0.717) is 31.8 Å².